The highest BCUT2D eigenvalue weighted by Gasteiger charge is 2.31. The van der Waals surface area contributed by atoms with Crippen LogP contribution in [0.2, 0.25) is 4.34 Å². The molecule has 0 amide bonds. The molecule has 5 nitrogen and oxygen atoms in total. The SMILES string of the molecule is CCS(=O)(=O)c1cc(-c2ccc(Cl)s2)cnc1-c1coc2cc(C(F)(F)F)ccc2c1=O. The van der Waals surface area contributed by atoms with Gasteiger partial charge in [-0.15, -0.1) is 11.3 Å². The Morgan fingerprint density at radius 1 is 1.16 bits per heavy atom. The van der Waals surface area contributed by atoms with Crippen molar-refractivity contribution in [3.63, 3.8) is 0 Å². The number of pyridine rings is 1. The third-order valence-corrected chi connectivity index (χ3v) is 7.80. The first-order chi connectivity index (χ1) is 15.0. The summed E-state index contributed by atoms with van der Waals surface area (Å²) in [5.74, 6) is -0.246. The van der Waals surface area contributed by atoms with E-state index in [1.54, 1.807) is 12.1 Å². The Balaban J connectivity index is 1.94. The average molecular weight is 500 g/mol. The fraction of sp³-hybridized carbons (Fsp3) is 0.143. The lowest BCUT2D eigenvalue weighted by Crippen LogP contribution is -2.12. The summed E-state index contributed by atoms with van der Waals surface area (Å²) in [5, 5.41) is -0.119. The highest BCUT2D eigenvalue weighted by molar-refractivity contribution is 7.91. The normalized spacial score (nSPS) is 12.4. The minimum atomic E-state index is -4.60. The van der Waals surface area contributed by atoms with Crippen molar-refractivity contribution in [3.8, 4) is 21.7 Å². The maximum Gasteiger partial charge on any atom is 0.416 e. The van der Waals surface area contributed by atoms with Gasteiger partial charge in [-0.3, -0.25) is 9.78 Å². The van der Waals surface area contributed by atoms with E-state index in [1.807, 2.05) is 0 Å². The monoisotopic (exact) mass is 499 g/mol. The number of sulfone groups is 1. The van der Waals surface area contributed by atoms with Crippen molar-refractivity contribution in [1.29, 1.82) is 0 Å². The van der Waals surface area contributed by atoms with E-state index in [-0.39, 0.29) is 32.9 Å². The summed E-state index contributed by atoms with van der Waals surface area (Å²) in [7, 11) is -3.82. The van der Waals surface area contributed by atoms with Crippen LogP contribution in [0.1, 0.15) is 12.5 Å². The molecule has 0 fully saturated rings. The molecule has 0 saturated heterocycles. The number of halogens is 4. The first-order valence-electron chi connectivity index (χ1n) is 9.13. The predicted molar refractivity (Wildman–Crippen MR) is 117 cm³/mol. The minimum absolute atomic E-state index is 0.119. The molecular formula is C21H13ClF3NO4S2. The van der Waals surface area contributed by atoms with Crippen LogP contribution in [0.5, 0.6) is 0 Å². The van der Waals surface area contributed by atoms with Crippen LogP contribution in [0.3, 0.4) is 0 Å². The first-order valence-corrected chi connectivity index (χ1v) is 12.0. The molecule has 0 aliphatic rings. The Bertz CT molecular complexity index is 1510. The first kappa shape index (κ1) is 22.5. The zero-order valence-corrected chi connectivity index (χ0v) is 18.6. The summed E-state index contributed by atoms with van der Waals surface area (Å²) in [5.41, 5.74) is -1.72. The van der Waals surface area contributed by atoms with Crippen LogP contribution in [0.15, 0.2) is 63.0 Å². The maximum atomic E-state index is 13.0. The van der Waals surface area contributed by atoms with Crippen molar-refractivity contribution in [3.05, 3.63) is 69.0 Å². The molecule has 0 N–H and O–H groups in total. The number of hydrogen-bond acceptors (Lipinski definition) is 6. The van der Waals surface area contributed by atoms with Gasteiger partial charge in [-0.2, -0.15) is 13.2 Å². The summed E-state index contributed by atoms with van der Waals surface area (Å²) >= 11 is 7.20. The molecule has 3 heterocycles. The molecule has 0 spiro atoms. The van der Waals surface area contributed by atoms with Gasteiger partial charge in [0.15, 0.2) is 9.84 Å². The zero-order chi connectivity index (χ0) is 23.3. The van der Waals surface area contributed by atoms with Crippen LogP contribution in [0.25, 0.3) is 32.7 Å². The Labute approximate surface area is 189 Å². The minimum Gasteiger partial charge on any atom is -0.463 e. The van der Waals surface area contributed by atoms with Gasteiger partial charge in [-0.1, -0.05) is 18.5 Å². The van der Waals surface area contributed by atoms with Crippen molar-refractivity contribution in [2.45, 2.75) is 18.0 Å². The Hall–Kier alpha value is -2.69. The number of benzene rings is 1. The Kier molecular flexibility index (Phi) is 5.64. The third-order valence-electron chi connectivity index (χ3n) is 4.78. The summed E-state index contributed by atoms with van der Waals surface area (Å²) in [6.45, 7) is 1.45. The van der Waals surface area contributed by atoms with Crippen molar-refractivity contribution < 1.29 is 26.0 Å². The molecule has 0 radical (unpaired) electrons. The topological polar surface area (TPSA) is 77.2 Å². The molecule has 0 unspecified atom stereocenters. The maximum absolute atomic E-state index is 13.0. The number of aromatic nitrogens is 1. The second kappa shape index (κ2) is 8.02. The summed E-state index contributed by atoms with van der Waals surface area (Å²) in [6, 6.07) is 7.28. The number of nitrogens with zero attached hydrogens (tertiary/aromatic N) is 1. The molecule has 1 aromatic carbocycles. The van der Waals surface area contributed by atoms with E-state index in [0.717, 1.165) is 24.5 Å². The molecule has 0 bridgehead atoms. The molecule has 0 aliphatic carbocycles. The zero-order valence-electron chi connectivity index (χ0n) is 16.2. The average Bonchev–Trinajstić information content (AvgIpc) is 3.19. The van der Waals surface area contributed by atoms with Crippen molar-refractivity contribution in [2.75, 3.05) is 5.75 Å². The van der Waals surface area contributed by atoms with Gasteiger partial charge in [0.2, 0.25) is 5.43 Å². The number of hydrogen-bond donors (Lipinski definition) is 0. The number of fused-ring (bicyclic) bond motifs is 1. The summed E-state index contributed by atoms with van der Waals surface area (Å²) in [6.07, 6.45) is -2.26. The molecule has 11 heteroatoms. The lowest BCUT2D eigenvalue weighted by atomic mass is 10.1. The van der Waals surface area contributed by atoms with Gasteiger partial charge in [0.25, 0.3) is 0 Å². The molecule has 4 aromatic rings. The van der Waals surface area contributed by atoms with Gasteiger partial charge in [-0.05, 0) is 36.4 Å². The Morgan fingerprint density at radius 2 is 1.91 bits per heavy atom. The van der Waals surface area contributed by atoms with Gasteiger partial charge < -0.3 is 4.42 Å². The van der Waals surface area contributed by atoms with Crippen LogP contribution in [0.4, 0.5) is 13.2 Å². The molecule has 3 aromatic heterocycles. The second-order valence-corrected chi connectivity index (χ2v) is 10.7. The summed E-state index contributed by atoms with van der Waals surface area (Å²) < 4.78 is 70.3. The second-order valence-electron chi connectivity index (χ2n) is 6.77. The fourth-order valence-electron chi connectivity index (χ4n) is 3.11. The van der Waals surface area contributed by atoms with E-state index < -0.39 is 27.0 Å². The lowest BCUT2D eigenvalue weighted by Gasteiger charge is -2.11. The standard InChI is InChI=1S/C21H13ClF3NO4S2/c1-2-32(28,29)17-7-11(16-5-6-18(22)31-16)9-26-19(17)14-10-30-15-8-12(21(23,24)25)3-4-13(15)20(14)27/h3-10H,2H2,1H3. The van der Waals surface area contributed by atoms with Crippen molar-refractivity contribution >= 4 is 43.7 Å². The van der Waals surface area contributed by atoms with Gasteiger partial charge in [0.1, 0.15) is 11.8 Å². The predicted octanol–water partition coefficient (Wildman–Crippen LogP) is 6.05. The van der Waals surface area contributed by atoms with Crippen LogP contribution < -0.4 is 5.43 Å². The fourth-order valence-corrected chi connectivity index (χ4v) is 5.21. The van der Waals surface area contributed by atoms with E-state index in [1.165, 1.54) is 30.5 Å². The summed E-state index contributed by atoms with van der Waals surface area (Å²) in [4.78, 5) is 17.7. The van der Waals surface area contributed by atoms with Gasteiger partial charge >= 0.3 is 6.18 Å². The van der Waals surface area contributed by atoms with E-state index in [2.05, 4.69) is 4.98 Å². The van der Waals surface area contributed by atoms with Gasteiger partial charge in [0.05, 0.1) is 37.2 Å². The molecule has 166 valence electrons. The molecule has 4 rings (SSSR count). The van der Waals surface area contributed by atoms with Gasteiger partial charge in [0, 0.05) is 16.6 Å². The van der Waals surface area contributed by atoms with Crippen molar-refractivity contribution in [1.82, 2.24) is 4.98 Å². The van der Waals surface area contributed by atoms with E-state index >= 15 is 0 Å². The van der Waals surface area contributed by atoms with Crippen LogP contribution in [-0.4, -0.2) is 19.2 Å². The van der Waals surface area contributed by atoms with E-state index in [4.69, 9.17) is 16.0 Å². The van der Waals surface area contributed by atoms with E-state index in [9.17, 15) is 26.4 Å². The van der Waals surface area contributed by atoms with Gasteiger partial charge in [-0.25, -0.2) is 8.42 Å². The molecule has 0 saturated carbocycles. The van der Waals surface area contributed by atoms with Crippen LogP contribution >= 0.6 is 22.9 Å². The smallest absolute Gasteiger partial charge is 0.416 e. The van der Waals surface area contributed by atoms with E-state index in [0.29, 0.717) is 14.8 Å². The highest BCUT2D eigenvalue weighted by Crippen LogP contribution is 2.35. The Morgan fingerprint density at radius 3 is 2.53 bits per heavy atom. The lowest BCUT2D eigenvalue weighted by molar-refractivity contribution is -0.137. The largest absolute Gasteiger partial charge is 0.463 e. The highest BCUT2D eigenvalue weighted by atomic mass is 35.5. The molecule has 0 aliphatic heterocycles. The van der Waals surface area contributed by atoms with Crippen LogP contribution in [-0.2, 0) is 16.0 Å². The van der Waals surface area contributed by atoms with Crippen molar-refractivity contribution in [2.24, 2.45) is 0 Å². The molecule has 0 atom stereocenters. The number of rotatable bonds is 4. The quantitative estimate of drug-likeness (QED) is 0.341. The molecular weight excluding hydrogens is 487 g/mol. The third kappa shape index (κ3) is 4.05. The number of thiophene rings is 1. The number of alkyl halides is 3. The van der Waals surface area contributed by atoms with Crippen LogP contribution in [0, 0.1) is 0 Å². The molecule has 32 heavy (non-hydrogen) atoms.